The number of amides is 2. The standard InChI is InChI=1S/C17H22N6O3.ClH/c1-18-17(25)15-7-13(9-19-15)23-10-12(21-22-23)8-20-16(24)11-4-3-5-14(6-11)26-2;/h3-6,10,13,15,19H,7-9H2,1-2H3,(H,18,25)(H,20,24);1H/t13-,15-;/m0./s1. The minimum Gasteiger partial charge on any atom is -0.497 e. The maximum absolute atomic E-state index is 12.2. The summed E-state index contributed by atoms with van der Waals surface area (Å²) in [4.78, 5) is 23.9. The van der Waals surface area contributed by atoms with E-state index in [-0.39, 0.29) is 42.8 Å². The molecule has 2 heterocycles. The lowest BCUT2D eigenvalue weighted by Gasteiger charge is -2.09. The predicted molar refractivity (Wildman–Crippen MR) is 101 cm³/mol. The average Bonchev–Trinajstić information content (AvgIpc) is 3.34. The van der Waals surface area contributed by atoms with Gasteiger partial charge in [-0.25, -0.2) is 4.68 Å². The Bertz CT molecular complexity index is 796. The number of aromatic nitrogens is 3. The van der Waals surface area contributed by atoms with Crippen molar-refractivity contribution in [3.05, 3.63) is 41.7 Å². The molecule has 2 aromatic rings. The summed E-state index contributed by atoms with van der Waals surface area (Å²) in [6.07, 6.45) is 2.45. The Labute approximate surface area is 163 Å². The molecule has 1 aliphatic rings. The van der Waals surface area contributed by atoms with Crippen molar-refractivity contribution in [1.82, 2.24) is 30.9 Å². The number of halogens is 1. The zero-order valence-electron chi connectivity index (χ0n) is 15.1. The SMILES string of the molecule is CNC(=O)[C@@H]1C[C@H](n2cc(CNC(=O)c3cccc(OC)c3)nn2)CN1.Cl. The second-order valence-electron chi connectivity index (χ2n) is 6.07. The van der Waals surface area contributed by atoms with E-state index < -0.39 is 0 Å². The van der Waals surface area contributed by atoms with E-state index in [1.54, 1.807) is 49.3 Å². The van der Waals surface area contributed by atoms with Crippen molar-refractivity contribution in [3.63, 3.8) is 0 Å². The fraction of sp³-hybridized carbons (Fsp3) is 0.412. The number of rotatable bonds is 6. The summed E-state index contributed by atoms with van der Waals surface area (Å²) in [5.41, 5.74) is 1.18. The topological polar surface area (TPSA) is 110 Å². The van der Waals surface area contributed by atoms with Gasteiger partial charge in [0.2, 0.25) is 5.91 Å². The van der Waals surface area contributed by atoms with Crippen LogP contribution in [0.5, 0.6) is 5.75 Å². The Morgan fingerprint density at radius 1 is 1.41 bits per heavy atom. The van der Waals surface area contributed by atoms with Crippen molar-refractivity contribution < 1.29 is 14.3 Å². The lowest BCUT2D eigenvalue weighted by Crippen LogP contribution is -2.38. The van der Waals surface area contributed by atoms with Crippen LogP contribution < -0.4 is 20.7 Å². The molecule has 0 bridgehead atoms. The summed E-state index contributed by atoms with van der Waals surface area (Å²) >= 11 is 0. The third kappa shape index (κ3) is 4.95. The maximum atomic E-state index is 12.2. The number of hydrogen-bond acceptors (Lipinski definition) is 6. The average molecular weight is 395 g/mol. The van der Waals surface area contributed by atoms with Crippen LogP contribution in [0.3, 0.4) is 0 Å². The van der Waals surface area contributed by atoms with E-state index in [1.165, 1.54) is 0 Å². The third-order valence-corrected chi connectivity index (χ3v) is 4.36. The molecule has 3 N–H and O–H groups in total. The van der Waals surface area contributed by atoms with Crippen molar-refractivity contribution in [2.75, 3.05) is 20.7 Å². The number of hydrogen-bond donors (Lipinski definition) is 3. The van der Waals surface area contributed by atoms with Crippen LogP contribution in [0.15, 0.2) is 30.5 Å². The molecule has 0 unspecified atom stereocenters. The van der Waals surface area contributed by atoms with Crippen LogP contribution >= 0.6 is 12.4 Å². The summed E-state index contributed by atoms with van der Waals surface area (Å²) in [5.74, 6) is 0.391. The second-order valence-corrected chi connectivity index (χ2v) is 6.07. The quantitative estimate of drug-likeness (QED) is 0.649. The largest absolute Gasteiger partial charge is 0.497 e. The molecule has 10 heteroatoms. The molecule has 2 atom stereocenters. The van der Waals surface area contributed by atoms with E-state index in [2.05, 4.69) is 26.3 Å². The van der Waals surface area contributed by atoms with Crippen molar-refractivity contribution in [3.8, 4) is 5.75 Å². The van der Waals surface area contributed by atoms with Crippen molar-refractivity contribution in [2.24, 2.45) is 0 Å². The van der Waals surface area contributed by atoms with Gasteiger partial charge in [-0.15, -0.1) is 17.5 Å². The Balaban J connectivity index is 0.00000261. The molecule has 2 amide bonds. The Kier molecular flexibility index (Phi) is 7.14. The highest BCUT2D eigenvalue weighted by Crippen LogP contribution is 2.19. The van der Waals surface area contributed by atoms with E-state index in [1.807, 2.05) is 0 Å². The van der Waals surface area contributed by atoms with Gasteiger partial charge in [0.05, 0.1) is 31.9 Å². The number of ether oxygens (including phenoxy) is 1. The molecule has 1 aliphatic heterocycles. The number of nitrogens with zero attached hydrogens (tertiary/aromatic N) is 3. The first kappa shape index (κ1) is 20.7. The fourth-order valence-electron chi connectivity index (χ4n) is 2.90. The molecule has 0 radical (unpaired) electrons. The van der Waals surface area contributed by atoms with Gasteiger partial charge in [-0.1, -0.05) is 11.3 Å². The van der Waals surface area contributed by atoms with Gasteiger partial charge in [0.15, 0.2) is 0 Å². The van der Waals surface area contributed by atoms with Gasteiger partial charge in [-0.05, 0) is 24.6 Å². The van der Waals surface area contributed by atoms with Crippen LogP contribution in [0, 0.1) is 0 Å². The smallest absolute Gasteiger partial charge is 0.251 e. The van der Waals surface area contributed by atoms with Gasteiger partial charge in [0.25, 0.3) is 5.91 Å². The highest BCUT2D eigenvalue weighted by atomic mass is 35.5. The zero-order chi connectivity index (χ0) is 18.5. The van der Waals surface area contributed by atoms with E-state index in [0.717, 1.165) is 0 Å². The lowest BCUT2D eigenvalue weighted by molar-refractivity contribution is -0.122. The normalized spacial score (nSPS) is 18.4. The molecular weight excluding hydrogens is 372 g/mol. The Hall–Kier alpha value is -2.65. The number of nitrogens with one attached hydrogen (secondary N) is 3. The van der Waals surface area contributed by atoms with Gasteiger partial charge < -0.3 is 20.7 Å². The van der Waals surface area contributed by atoms with E-state index >= 15 is 0 Å². The van der Waals surface area contributed by atoms with Crippen LogP contribution in [0.25, 0.3) is 0 Å². The lowest BCUT2D eigenvalue weighted by atomic mass is 10.1. The molecule has 146 valence electrons. The van der Waals surface area contributed by atoms with Gasteiger partial charge >= 0.3 is 0 Å². The second kappa shape index (κ2) is 9.33. The van der Waals surface area contributed by atoms with E-state index in [9.17, 15) is 9.59 Å². The fourth-order valence-corrected chi connectivity index (χ4v) is 2.90. The van der Waals surface area contributed by atoms with Gasteiger partial charge in [0.1, 0.15) is 11.4 Å². The minimum absolute atomic E-state index is 0. The Morgan fingerprint density at radius 2 is 2.22 bits per heavy atom. The molecule has 1 saturated heterocycles. The predicted octanol–water partition coefficient (Wildman–Crippen LogP) is 0.287. The van der Waals surface area contributed by atoms with E-state index in [4.69, 9.17) is 4.74 Å². The molecule has 1 aromatic heterocycles. The third-order valence-electron chi connectivity index (χ3n) is 4.36. The van der Waals surface area contributed by atoms with Crippen LogP contribution in [0.4, 0.5) is 0 Å². The first-order valence-electron chi connectivity index (χ1n) is 8.38. The zero-order valence-corrected chi connectivity index (χ0v) is 16.0. The molecule has 9 nitrogen and oxygen atoms in total. The number of carbonyl (C=O) groups is 2. The summed E-state index contributed by atoms with van der Waals surface area (Å²) in [7, 11) is 3.18. The van der Waals surface area contributed by atoms with Crippen LogP contribution in [-0.2, 0) is 11.3 Å². The highest BCUT2D eigenvalue weighted by molar-refractivity contribution is 5.94. The molecule has 0 aliphatic carbocycles. The molecule has 0 spiro atoms. The Morgan fingerprint density at radius 3 is 2.96 bits per heavy atom. The van der Waals surface area contributed by atoms with E-state index in [0.29, 0.717) is 30.0 Å². The van der Waals surface area contributed by atoms with Crippen molar-refractivity contribution in [2.45, 2.75) is 25.0 Å². The molecule has 1 fully saturated rings. The summed E-state index contributed by atoms with van der Waals surface area (Å²) in [6.45, 7) is 0.923. The number of likely N-dealkylation sites (N-methyl/N-ethyl adjacent to an activating group) is 1. The first-order valence-corrected chi connectivity index (χ1v) is 8.38. The van der Waals surface area contributed by atoms with Gasteiger partial charge in [-0.2, -0.15) is 0 Å². The first-order chi connectivity index (χ1) is 12.6. The summed E-state index contributed by atoms with van der Waals surface area (Å²) in [5, 5.41) is 16.8. The number of carbonyl (C=O) groups excluding carboxylic acids is 2. The number of benzene rings is 1. The summed E-state index contributed by atoms with van der Waals surface area (Å²) in [6, 6.07) is 6.79. The molecule has 27 heavy (non-hydrogen) atoms. The summed E-state index contributed by atoms with van der Waals surface area (Å²) < 4.78 is 6.86. The number of methoxy groups -OCH3 is 1. The van der Waals surface area contributed by atoms with Crippen LogP contribution in [0.1, 0.15) is 28.5 Å². The molecule has 1 aromatic carbocycles. The van der Waals surface area contributed by atoms with Crippen molar-refractivity contribution >= 4 is 24.2 Å². The van der Waals surface area contributed by atoms with Crippen LogP contribution in [-0.4, -0.2) is 53.6 Å². The minimum atomic E-state index is -0.217. The molecule has 0 saturated carbocycles. The molecule has 3 rings (SSSR count). The van der Waals surface area contributed by atoms with Crippen molar-refractivity contribution in [1.29, 1.82) is 0 Å². The van der Waals surface area contributed by atoms with Gasteiger partial charge in [0, 0.05) is 19.2 Å². The monoisotopic (exact) mass is 394 g/mol. The van der Waals surface area contributed by atoms with Crippen LogP contribution in [0.2, 0.25) is 0 Å². The highest BCUT2D eigenvalue weighted by Gasteiger charge is 2.30. The van der Waals surface area contributed by atoms with Gasteiger partial charge in [-0.3, -0.25) is 9.59 Å². The maximum Gasteiger partial charge on any atom is 0.251 e. The molecular formula is C17H23ClN6O3.